The third kappa shape index (κ3) is 3.21. The molecule has 1 saturated carbocycles. The first-order valence-electron chi connectivity index (χ1n) is 6.35. The molecular formula is C14H21BrN2. The van der Waals surface area contributed by atoms with Crippen LogP contribution in [0.25, 0.3) is 0 Å². The van der Waals surface area contributed by atoms with Gasteiger partial charge < -0.3 is 5.32 Å². The Labute approximate surface area is 112 Å². The summed E-state index contributed by atoms with van der Waals surface area (Å²) in [4.78, 5) is 4.25. The predicted octanol–water partition coefficient (Wildman–Crippen LogP) is 4.47. The van der Waals surface area contributed by atoms with E-state index in [4.69, 9.17) is 0 Å². The van der Waals surface area contributed by atoms with Crippen LogP contribution < -0.4 is 5.32 Å². The minimum Gasteiger partial charge on any atom is -0.380 e. The maximum absolute atomic E-state index is 4.25. The van der Waals surface area contributed by atoms with Gasteiger partial charge in [-0.25, -0.2) is 4.98 Å². The lowest BCUT2D eigenvalue weighted by Gasteiger charge is -2.40. The van der Waals surface area contributed by atoms with Crippen LogP contribution in [0.15, 0.2) is 22.9 Å². The van der Waals surface area contributed by atoms with Crippen molar-refractivity contribution in [1.82, 2.24) is 4.98 Å². The molecule has 2 unspecified atom stereocenters. The summed E-state index contributed by atoms with van der Waals surface area (Å²) in [6, 6.07) is 4.64. The summed E-state index contributed by atoms with van der Waals surface area (Å²) < 4.78 is 0.914. The van der Waals surface area contributed by atoms with Gasteiger partial charge in [0.2, 0.25) is 0 Å². The Kier molecular flexibility index (Phi) is 3.76. The largest absolute Gasteiger partial charge is 0.380 e. The minimum atomic E-state index is 0.504. The fraction of sp³-hybridized carbons (Fsp3) is 0.643. The highest BCUT2D eigenvalue weighted by Gasteiger charge is 2.32. The summed E-state index contributed by atoms with van der Waals surface area (Å²) in [5, 5.41) is 3.63. The monoisotopic (exact) mass is 296 g/mol. The molecule has 0 aromatic carbocycles. The normalized spacial score (nSPS) is 27.8. The van der Waals surface area contributed by atoms with E-state index in [0.717, 1.165) is 10.3 Å². The zero-order valence-corrected chi connectivity index (χ0v) is 12.4. The number of hydrogen-bond acceptors (Lipinski definition) is 2. The minimum absolute atomic E-state index is 0.504. The summed E-state index contributed by atoms with van der Waals surface area (Å²) in [5.74, 6) is 0.714. The van der Waals surface area contributed by atoms with E-state index >= 15 is 0 Å². The number of nitrogens with one attached hydrogen (secondary N) is 1. The molecule has 1 heterocycles. The maximum Gasteiger partial charge on any atom is 0.129 e. The Morgan fingerprint density at radius 3 is 2.88 bits per heavy atom. The molecule has 2 nitrogen and oxygen atoms in total. The second-order valence-electron chi connectivity index (χ2n) is 5.98. The van der Waals surface area contributed by atoms with E-state index in [9.17, 15) is 0 Å². The third-order valence-corrected chi connectivity index (χ3v) is 4.43. The summed E-state index contributed by atoms with van der Waals surface area (Å²) >= 11 is 3.49. The number of rotatable bonds is 2. The number of anilines is 1. The van der Waals surface area contributed by atoms with Crippen LogP contribution in [-0.2, 0) is 0 Å². The average Bonchev–Trinajstić information content (AvgIpc) is 2.24. The highest BCUT2D eigenvalue weighted by Crippen LogP contribution is 2.39. The zero-order valence-electron chi connectivity index (χ0n) is 10.8. The van der Waals surface area contributed by atoms with E-state index in [2.05, 4.69) is 53.1 Å². The van der Waals surface area contributed by atoms with Gasteiger partial charge in [-0.1, -0.05) is 20.8 Å². The van der Waals surface area contributed by atoms with Crippen molar-refractivity contribution in [2.45, 2.75) is 46.1 Å². The van der Waals surface area contributed by atoms with E-state index < -0.39 is 0 Å². The fourth-order valence-corrected chi connectivity index (χ4v) is 3.22. The Morgan fingerprint density at radius 1 is 1.47 bits per heavy atom. The van der Waals surface area contributed by atoms with Crippen LogP contribution in [0.1, 0.15) is 40.0 Å². The van der Waals surface area contributed by atoms with Crippen LogP contribution in [0.5, 0.6) is 0 Å². The molecule has 1 N–H and O–H groups in total. The standard InChI is InChI=1S/C14H21BrN2/c1-10-9-14(2,3)7-6-11(10)17-12-5-4-8-16-13(12)15/h4-5,8,10-11,17H,6-7,9H2,1-3H3. The van der Waals surface area contributed by atoms with Crippen LogP contribution in [0.4, 0.5) is 5.69 Å². The SMILES string of the molecule is CC1CC(C)(C)CCC1Nc1cccnc1Br. The smallest absolute Gasteiger partial charge is 0.129 e. The van der Waals surface area contributed by atoms with Crippen molar-refractivity contribution < 1.29 is 0 Å². The van der Waals surface area contributed by atoms with E-state index in [0.29, 0.717) is 17.4 Å². The molecule has 0 radical (unpaired) electrons. The molecule has 2 atom stereocenters. The Bertz CT molecular complexity index is 390. The summed E-state index contributed by atoms with van der Waals surface area (Å²) in [5.41, 5.74) is 1.62. The maximum atomic E-state index is 4.25. The second kappa shape index (κ2) is 4.97. The van der Waals surface area contributed by atoms with Crippen LogP contribution in [-0.4, -0.2) is 11.0 Å². The summed E-state index contributed by atoms with van der Waals surface area (Å²) in [6.07, 6.45) is 5.65. The molecule has 17 heavy (non-hydrogen) atoms. The summed E-state index contributed by atoms with van der Waals surface area (Å²) in [7, 11) is 0. The van der Waals surface area contributed by atoms with E-state index in [-0.39, 0.29) is 0 Å². The van der Waals surface area contributed by atoms with Crippen molar-refractivity contribution in [1.29, 1.82) is 0 Å². The molecule has 1 fully saturated rings. The topological polar surface area (TPSA) is 24.9 Å². The lowest BCUT2D eigenvalue weighted by atomic mass is 9.70. The van der Waals surface area contributed by atoms with E-state index in [1.54, 1.807) is 0 Å². The van der Waals surface area contributed by atoms with Gasteiger partial charge in [0.05, 0.1) is 5.69 Å². The molecule has 0 amide bonds. The quantitative estimate of drug-likeness (QED) is 0.815. The molecule has 0 aliphatic heterocycles. The van der Waals surface area contributed by atoms with Gasteiger partial charge in [0, 0.05) is 12.2 Å². The average molecular weight is 297 g/mol. The van der Waals surface area contributed by atoms with Gasteiger partial charge in [0.15, 0.2) is 0 Å². The third-order valence-electron chi connectivity index (χ3n) is 3.79. The van der Waals surface area contributed by atoms with Gasteiger partial charge in [-0.15, -0.1) is 0 Å². The van der Waals surface area contributed by atoms with Crippen molar-refractivity contribution in [3.8, 4) is 0 Å². The number of hydrogen-bond donors (Lipinski definition) is 1. The summed E-state index contributed by atoms with van der Waals surface area (Å²) in [6.45, 7) is 7.10. The van der Waals surface area contributed by atoms with Crippen molar-refractivity contribution in [2.24, 2.45) is 11.3 Å². The molecule has 1 aromatic heterocycles. The van der Waals surface area contributed by atoms with Crippen LogP contribution in [0.2, 0.25) is 0 Å². The van der Waals surface area contributed by atoms with Crippen molar-refractivity contribution >= 4 is 21.6 Å². The van der Waals surface area contributed by atoms with Crippen LogP contribution >= 0.6 is 15.9 Å². The van der Waals surface area contributed by atoms with Gasteiger partial charge in [0.1, 0.15) is 4.60 Å². The highest BCUT2D eigenvalue weighted by atomic mass is 79.9. The first-order chi connectivity index (χ1) is 7.98. The number of aromatic nitrogens is 1. The molecule has 0 saturated heterocycles. The number of halogens is 1. The van der Waals surface area contributed by atoms with Crippen molar-refractivity contribution in [2.75, 3.05) is 5.32 Å². The first-order valence-corrected chi connectivity index (χ1v) is 7.14. The number of pyridine rings is 1. The van der Waals surface area contributed by atoms with Crippen LogP contribution in [0.3, 0.4) is 0 Å². The van der Waals surface area contributed by atoms with Gasteiger partial charge >= 0.3 is 0 Å². The van der Waals surface area contributed by atoms with Gasteiger partial charge in [-0.3, -0.25) is 0 Å². The van der Waals surface area contributed by atoms with Gasteiger partial charge in [-0.2, -0.15) is 0 Å². The molecule has 94 valence electrons. The van der Waals surface area contributed by atoms with Crippen molar-refractivity contribution in [3.05, 3.63) is 22.9 Å². The lowest BCUT2D eigenvalue weighted by Crippen LogP contribution is -2.36. The highest BCUT2D eigenvalue weighted by molar-refractivity contribution is 9.10. The van der Waals surface area contributed by atoms with E-state index in [1.807, 2.05) is 12.3 Å². The zero-order chi connectivity index (χ0) is 12.5. The molecule has 2 rings (SSSR count). The molecule has 1 aliphatic rings. The Morgan fingerprint density at radius 2 is 2.24 bits per heavy atom. The first kappa shape index (κ1) is 12.9. The van der Waals surface area contributed by atoms with E-state index in [1.165, 1.54) is 19.3 Å². The fourth-order valence-electron chi connectivity index (χ4n) is 2.85. The molecular weight excluding hydrogens is 276 g/mol. The second-order valence-corrected chi connectivity index (χ2v) is 6.73. The molecule has 1 aliphatic carbocycles. The predicted molar refractivity (Wildman–Crippen MR) is 76.1 cm³/mol. The van der Waals surface area contributed by atoms with Crippen molar-refractivity contribution in [3.63, 3.8) is 0 Å². The molecule has 3 heteroatoms. The molecule has 1 aromatic rings. The van der Waals surface area contributed by atoms with Gasteiger partial charge in [0.25, 0.3) is 0 Å². The lowest BCUT2D eigenvalue weighted by molar-refractivity contribution is 0.177. The molecule has 0 bridgehead atoms. The van der Waals surface area contributed by atoms with Gasteiger partial charge in [-0.05, 0) is 58.7 Å². The Balaban J connectivity index is 2.03. The number of nitrogens with zero attached hydrogens (tertiary/aromatic N) is 1. The Hall–Kier alpha value is -0.570. The molecule has 0 spiro atoms. The van der Waals surface area contributed by atoms with Crippen LogP contribution in [0, 0.1) is 11.3 Å².